The smallest absolute Gasteiger partial charge is 0.349 e. The third-order valence-electron chi connectivity index (χ3n) is 4.94. The summed E-state index contributed by atoms with van der Waals surface area (Å²) < 4.78 is 39.4. The Morgan fingerprint density at radius 3 is 2.56 bits per heavy atom. The summed E-state index contributed by atoms with van der Waals surface area (Å²) in [6.07, 6.45) is -2.50. The lowest BCUT2D eigenvalue weighted by Crippen LogP contribution is -2.40. The molecule has 2 N–H and O–H groups in total. The first-order valence-electron chi connectivity index (χ1n) is 8.71. The van der Waals surface area contributed by atoms with Gasteiger partial charge in [-0.05, 0) is 38.7 Å². The zero-order valence-corrected chi connectivity index (χ0v) is 14.6. The molecule has 0 radical (unpaired) electrons. The Morgan fingerprint density at radius 2 is 1.96 bits per heavy atom. The van der Waals surface area contributed by atoms with Gasteiger partial charge in [0.1, 0.15) is 5.65 Å². The molecule has 0 bridgehead atoms. The van der Waals surface area contributed by atoms with E-state index in [9.17, 15) is 27.6 Å². The van der Waals surface area contributed by atoms with Crippen molar-refractivity contribution < 1.29 is 18.0 Å². The second-order valence-corrected chi connectivity index (χ2v) is 6.66. The van der Waals surface area contributed by atoms with Gasteiger partial charge in [0, 0.05) is 18.8 Å². The van der Waals surface area contributed by atoms with Gasteiger partial charge in [0.15, 0.2) is 0 Å². The summed E-state index contributed by atoms with van der Waals surface area (Å²) in [5, 5.41) is 2.81. The van der Waals surface area contributed by atoms with Gasteiger partial charge in [-0.1, -0.05) is 0 Å². The van der Waals surface area contributed by atoms with Crippen LogP contribution < -0.4 is 16.6 Å². The number of carbonyl (C=O) groups excluding carboxylic acids is 1. The highest BCUT2D eigenvalue weighted by Gasteiger charge is 2.41. The Bertz CT molecular complexity index is 972. The van der Waals surface area contributed by atoms with Crippen molar-refractivity contribution in [2.24, 2.45) is 5.92 Å². The first-order chi connectivity index (χ1) is 12.7. The topological polar surface area (TPSA) is 96.9 Å². The number of aromatic nitrogens is 3. The van der Waals surface area contributed by atoms with Crippen LogP contribution in [0.15, 0.2) is 21.9 Å². The summed E-state index contributed by atoms with van der Waals surface area (Å²) in [6, 6.07) is 0.985. The molecular weight excluding hydrogens is 365 g/mol. The summed E-state index contributed by atoms with van der Waals surface area (Å²) in [4.78, 5) is 42.4. The van der Waals surface area contributed by atoms with E-state index in [0.717, 1.165) is 0 Å². The van der Waals surface area contributed by atoms with Crippen LogP contribution in [0.2, 0.25) is 0 Å². The molecule has 27 heavy (non-hydrogen) atoms. The molecule has 10 heteroatoms. The fourth-order valence-electron chi connectivity index (χ4n) is 3.42. The average molecular weight is 384 g/mol. The molecule has 2 heterocycles. The number of halogens is 3. The second-order valence-electron chi connectivity index (χ2n) is 6.66. The van der Waals surface area contributed by atoms with Crippen molar-refractivity contribution in [1.29, 1.82) is 0 Å². The molecule has 0 saturated heterocycles. The van der Waals surface area contributed by atoms with Gasteiger partial charge in [-0.15, -0.1) is 0 Å². The van der Waals surface area contributed by atoms with Crippen LogP contribution in [0.5, 0.6) is 0 Å². The molecule has 0 spiro atoms. The predicted molar refractivity (Wildman–Crippen MR) is 91.6 cm³/mol. The lowest BCUT2D eigenvalue weighted by Gasteiger charge is -2.30. The molecule has 0 atom stereocenters. The lowest BCUT2D eigenvalue weighted by atomic mass is 9.85. The van der Waals surface area contributed by atoms with Crippen molar-refractivity contribution in [1.82, 2.24) is 19.9 Å². The molecule has 2 aromatic rings. The molecule has 0 aliphatic heterocycles. The van der Waals surface area contributed by atoms with Crippen molar-refractivity contribution in [2.45, 2.75) is 51.4 Å². The number of pyridine rings is 1. The summed E-state index contributed by atoms with van der Waals surface area (Å²) in [7, 11) is 0. The zero-order valence-electron chi connectivity index (χ0n) is 14.6. The largest absolute Gasteiger partial charge is 0.391 e. The van der Waals surface area contributed by atoms with E-state index < -0.39 is 29.3 Å². The number of aromatic amines is 1. The average Bonchev–Trinajstić information content (AvgIpc) is 2.61. The number of fused-ring (bicyclic) bond motifs is 1. The predicted octanol–water partition coefficient (Wildman–Crippen LogP) is 1.96. The number of hydrogen-bond acceptors (Lipinski definition) is 4. The maximum atomic E-state index is 12.7. The van der Waals surface area contributed by atoms with E-state index in [4.69, 9.17) is 0 Å². The lowest BCUT2D eigenvalue weighted by molar-refractivity contribution is -0.182. The molecule has 1 aliphatic carbocycles. The summed E-state index contributed by atoms with van der Waals surface area (Å²) in [6.45, 7) is 2.02. The molecule has 3 rings (SSSR count). The number of alkyl halides is 3. The minimum absolute atomic E-state index is 0.0210. The number of nitrogens with one attached hydrogen (secondary N) is 2. The summed E-state index contributed by atoms with van der Waals surface area (Å²) >= 11 is 0. The molecule has 2 aromatic heterocycles. The van der Waals surface area contributed by atoms with E-state index in [1.54, 1.807) is 6.92 Å². The quantitative estimate of drug-likeness (QED) is 0.845. The first-order valence-corrected chi connectivity index (χ1v) is 8.71. The zero-order chi connectivity index (χ0) is 19.8. The van der Waals surface area contributed by atoms with E-state index >= 15 is 0 Å². The number of carbonyl (C=O) groups is 1. The highest BCUT2D eigenvalue weighted by atomic mass is 19.4. The third kappa shape index (κ3) is 3.88. The number of hydrogen-bond donors (Lipinski definition) is 2. The van der Waals surface area contributed by atoms with Crippen LogP contribution in [0, 0.1) is 5.92 Å². The Balaban J connectivity index is 1.77. The van der Waals surface area contributed by atoms with Crippen LogP contribution in [-0.4, -0.2) is 32.7 Å². The van der Waals surface area contributed by atoms with Crippen molar-refractivity contribution in [2.75, 3.05) is 0 Å². The molecular formula is C17H19F3N4O3. The van der Waals surface area contributed by atoms with Crippen LogP contribution in [0.3, 0.4) is 0 Å². The molecule has 0 aromatic carbocycles. The van der Waals surface area contributed by atoms with Gasteiger partial charge in [-0.2, -0.15) is 13.2 Å². The molecule has 1 amide bonds. The molecule has 1 saturated carbocycles. The van der Waals surface area contributed by atoms with E-state index in [1.165, 1.54) is 16.8 Å². The summed E-state index contributed by atoms with van der Waals surface area (Å²) in [5.74, 6) is -1.83. The minimum atomic E-state index is -4.20. The van der Waals surface area contributed by atoms with Gasteiger partial charge in [0.2, 0.25) is 0 Å². The molecule has 1 fully saturated rings. The van der Waals surface area contributed by atoms with Gasteiger partial charge in [-0.25, -0.2) is 9.78 Å². The van der Waals surface area contributed by atoms with Crippen LogP contribution >= 0.6 is 0 Å². The van der Waals surface area contributed by atoms with E-state index in [1.807, 2.05) is 0 Å². The third-order valence-corrected chi connectivity index (χ3v) is 4.94. The molecule has 1 aliphatic rings. The Kier molecular flexibility index (Phi) is 5.07. The fourth-order valence-corrected chi connectivity index (χ4v) is 3.42. The van der Waals surface area contributed by atoms with E-state index in [-0.39, 0.29) is 48.3 Å². The maximum Gasteiger partial charge on any atom is 0.391 e. The standard InChI is InChI=1S/C17H19F3N4O3/c1-2-24-13-12(15(26)23-16(24)27)7-9(8-21-13)14(25)22-11-5-3-10(4-6-11)17(18,19)20/h7-8,10-11H,2-6H2,1H3,(H,22,25)(H,23,26,27). The molecule has 0 unspecified atom stereocenters. The van der Waals surface area contributed by atoms with Gasteiger partial charge in [0.25, 0.3) is 11.5 Å². The van der Waals surface area contributed by atoms with E-state index in [0.29, 0.717) is 6.54 Å². The Labute approximate surface area is 151 Å². The molecule has 146 valence electrons. The van der Waals surface area contributed by atoms with Crippen molar-refractivity contribution in [3.05, 3.63) is 38.7 Å². The number of rotatable bonds is 3. The monoisotopic (exact) mass is 384 g/mol. The SMILES string of the molecule is CCn1c(=O)[nH]c(=O)c2cc(C(=O)NC3CCC(C(F)(F)F)CC3)cnc21. The van der Waals surface area contributed by atoms with Crippen LogP contribution in [-0.2, 0) is 6.54 Å². The van der Waals surface area contributed by atoms with Crippen LogP contribution in [0.1, 0.15) is 43.0 Å². The molecule has 7 nitrogen and oxygen atoms in total. The fraction of sp³-hybridized carbons (Fsp3) is 0.529. The van der Waals surface area contributed by atoms with Crippen molar-refractivity contribution in [3.8, 4) is 0 Å². The second kappa shape index (κ2) is 7.16. The first kappa shape index (κ1) is 19.1. The number of H-pyrrole nitrogens is 1. The van der Waals surface area contributed by atoms with Gasteiger partial charge >= 0.3 is 11.9 Å². The number of aryl methyl sites for hydroxylation is 1. The normalized spacial score (nSPS) is 20.6. The van der Waals surface area contributed by atoms with Gasteiger partial charge < -0.3 is 5.32 Å². The number of nitrogens with zero attached hydrogens (tertiary/aromatic N) is 2. The summed E-state index contributed by atoms with van der Waals surface area (Å²) in [5.41, 5.74) is -0.936. The van der Waals surface area contributed by atoms with Crippen LogP contribution in [0.25, 0.3) is 11.0 Å². The minimum Gasteiger partial charge on any atom is -0.349 e. The van der Waals surface area contributed by atoms with Gasteiger partial charge in [0.05, 0.1) is 16.9 Å². The Hall–Kier alpha value is -2.65. The number of amides is 1. The highest BCUT2D eigenvalue weighted by molar-refractivity contribution is 5.96. The highest BCUT2D eigenvalue weighted by Crippen LogP contribution is 2.37. The van der Waals surface area contributed by atoms with Crippen molar-refractivity contribution in [3.63, 3.8) is 0 Å². The Morgan fingerprint density at radius 1 is 1.30 bits per heavy atom. The van der Waals surface area contributed by atoms with E-state index in [2.05, 4.69) is 15.3 Å². The van der Waals surface area contributed by atoms with Crippen LogP contribution in [0.4, 0.5) is 13.2 Å². The maximum absolute atomic E-state index is 12.7. The van der Waals surface area contributed by atoms with Gasteiger partial charge in [-0.3, -0.25) is 19.1 Å². The van der Waals surface area contributed by atoms with Crippen molar-refractivity contribution >= 4 is 16.9 Å².